The standard InChI is InChI=1S/C15H18BrFN2/c1-2-7-19-8-5-14(6-9-19)18-11-12-10-13(17)3-4-15(12)16/h1,3-4,10,14,18H,5-9,11H2. The van der Waals surface area contributed by atoms with Crippen molar-refractivity contribution >= 4 is 15.9 Å². The lowest BCUT2D eigenvalue weighted by molar-refractivity contribution is 0.217. The molecule has 0 unspecified atom stereocenters. The van der Waals surface area contributed by atoms with Crippen LogP contribution in [-0.4, -0.2) is 30.6 Å². The van der Waals surface area contributed by atoms with E-state index >= 15 is 0 Å². The van der Waals surface area contributed by atoms with Gasteiger partial charge in [-0.3, -0.25) is 4.90 Å². The highest BCUT2D eigenvalue weighted by Gasteiger charge is 2.18. The van der Waals surface area contributed by atoms with Gasteiger partial charge < -0.3 is 5.32 Å². The van der Waals surface area contributed by atoms with E-state index in [0.29, 0.717) is 12.6 Å². The average Bonchev–Trinajstić information content (AvgIpc) is 2.42. The van der Waals surface area contributed by atoms with E-state index in [2.05, 4.69) is 32.1 Å². The third kappa shape index (κ3) is 4.31. The highest BCUT2D eigenvalue weighted by molar-refractivity contribution is 9.10. The highest BCUT2D eigenvalue weighted by atomic mass is 79.9. The molecule has 4 heteroatoms. The number of nitrogens with one attached hydrogen (secondary N) is 1. The van der Waals surface area contributed by atoms with Crippen LogP contribution in [0.1, 0.15) is 18.4 Å². The first kappa shape index (κ1) is 14.5. The summed E-state index contributed by atoms with van der Waals surface area (Å²) in [6, 6.07) is 5.28. The number of halogens is 2. The Morgan fingerprint density at radius 3 is 2.84 bits per heavy atom. The molecule has 1 aliphatic rings. The molecule has 0 spiro atoms. The smallest absolute Gasteiger partial charge is 0.123 e. The van der Waals surface area contributed by atoms with Crippen LogP contribution in [0.3, 0.4) is 0 Å². The minimum atomic E-state index is -0.191. The molecule has 1 aromatic rings. The molecule has 102 valence electrons. The number of terminal acetylenes is 1. The van der Waals surface area contributed by atoms with Crippen LogP contribution in [0, 0.1) is 18.2 Å². The number of piperidine rings is 1. The van der Waals surface area contributed by atoms with Crippen LogP contribution in [0.15, 0.2) is 22.7 Å². The van der Waals surface area contributed by atoms with Crippen LogP contribution in [0.4, 0.5) is 4.39 Å². The normalized spacial score (nSPS) is 17.3. The molecule has 1 aromatic carbocycles. The Labute approximate surface area is 122 Å². The molecule has 0 bridgehead atoms. The molecule has 0 aromatic heterocycles. The van der Waals surface area contributed by atoms with Gasteiger partial charge in [-0.2, -0.15) is 0 Å². The van der Waals surface area contributed by atoms with E-state index in [1.165, 1.54) is 6.07 Å². The molecular formula is C15H18BrFN2. The molecule has 0 aliphatic carbocycles. The summed E-state index contributed by atoms with van der Waals surface area (Å²) in [5, 5.41) is 3.49. The fourth-order valence-corrected chi connectivity index (χ4v) is 2.74. The molecule has 1 fully saturated rings. The molecule has 1 N–H and O–H groups in total. The third-order valence-electron chi connectivity index (χ3n) is 3.49. The lowest BCUT2D eigenvalue weighted by Crippen LogP contribution is -2.42. The van der Waals surface area contributed by atoms with Crippen LogP contribution < -0.4 is 5.32 Å². The number of benzene rings is 1. The topological polar surface area (TPSA) is 15.3 Å². The predicted molar refractivity (Wildman–Crippen MR) is 79.2 cm³/mol. The van der Waals surface area contributed by atoms with Crippen molar-refractivity contribution in [3.8, 4) is 12.3 Å². The van der Waals surface area contributed by atoms with Crippen molar-refractivity contribution < 1.29 is 4.39 Å². The Hall–Kier alpha value is -0.890. The van der Waals surface area contributed by atoms with Crippen LogP contribution in [0.5, 0.6) is 0 Å². The van der Waals surface area contributed by atoms with Crippen LogP contribution in [-0.2, 0) is 6.54 Å². The van der Waals surface area contributed by atoms with Crippen LogP contribution in [0.25, 0.3) is 0 Å². The zero-order chi connectivity index (χ0) is 13.7. The van der Waals surface area contributed by atoms with Crippen molar-refractivity contribution in [1.29, 1.82) is 0 Å². The van der Waals surface area contributed by atoms with Crippen LogP contribution in [0.2, 0.25) is 0 Å². The number of hydrogen-bond acceptors (Lipinski definition) is 2. The SMILES string of the molecule is C#CCN1CCC(NCc2cc(F)ccc2Br)CC1. The second kappa shape index (κ2) is 7.04. The number of nitrogens with zero attached hydrogens (tertiary/aromatic N) is 1. The molecule has 1 heterocycles. The maximum Gasteiger partial charge on any atom is 0.123 e. The van der Waals surface area contributed by atoms with Gasteiger partial charge in [0.1, 0.15) is 5.82 Å². The van der Waals surface area contributed by atoms with Gasteiger partial charge in [0.15, 0.2) is 0 Å². The van der Waals surface area contributed by atoms with Gasteiger partial charge in [-0.05, 0) is 36.6 Å². The Kier molecular flexibility index (Phi) is 5.38. The Morgan fingerprint density at radius 1 is 1.42 bits per heavy atom. The third-order valence-corrected chi connectivity index (χ3v) is 4.27. The van der Waals surface area contributed by atoms with E-state index in [1.54, 1.807) is 12.1 Å². The van der Waals surface area contributed by atoms with Gasteiger partial charge in [-0.15, -0.1) is 6.42 Å². The maximum atomic E-state index is 13.2. The molecule has 2 nitrogen and oxygen atoms in total. The number of likely N-dealkylation sites (tertiary alicyclic amines) is 1. The summed E-state index contributed by atoms with van der Waals surface area (Å²) < 4.78 is 14.1. The zero-order valence-electron chi connectivity index (χ0n) is 10.8. The minimum Gasteiger partial charge on any atom is -0.310 e. The van der Waals surface area contributed by atoms with E-state index in [4.69, 9.17) is 6.42 Å². The number of hydrogen-bond donors (Lipinski definition) is 1. The lowest BCUT2D eigenvalue weighted by Gasteiger charge is -2.31. The zero-order valence-corrected chi connectivity index (χ0v) is 12.4. The molecule has 1 aliphatic heterocycles. The summed E-state index contributed by atoms with van der Waals surface area (Å²) in [6.07, 6.45) is 7.50. The predicted octanol–water partition coefficient (Wildman–Crippen LogP) is 2.78. The Bertz CT molecular complexity index is 462. The fraction of sp³-hybridized carbons (Fsp3) is 0.467. The minimum absolute atomic E-state index is 0.191. The van der Waals surface area contributed by atoms with Crippen molar-refractivity contribution in [3.05, 3.63) is 34.1 Å². The van der Waals surface area contributed by atoms with Gasteiger partial charge in [0.05, 0.1) is 6.54 Å². The van der Waals surface area contributed by atoms with Gasteiger partial charge in [-0.1, -0.05) is 21.9 Å². The summed E-state index contributed by atoms with van der Waals surface area (Å²) in [5.74, 6) is 2.49. The lowest BCUT2D eigenvalue weighted by atomic mass is 10.0. The molecule has 1 saturated heterocycles. The second-order valence-electron chi connectivity index (χ2n) is 4.87. The Morgan fingerprint density at radius 2 is 2.16 bits per heavy atom. The molecule has 0 radical (unpaired) electrons. The molecule has 19 heavy (non-hydrogen) atoms. The summed E-state index contributed by atoms with van der Waals surface area (Å²) in [4.78, 5) is 2.29. The van der Waals surface area contributed by atoms with Crippen molar-refractivity contribution in [2.75, 3.05) is 19.6 Å². The van der Waals surface area contributed by atoms with E-state index < -0.39 is 0 Å². The van der Waals surface area contributed by atoms with E-state index in [1.807, 2.05) is 0 Å². The summed E-state index contributed by atoms with van der Waals surface area (Å²) >= 11 is 3.45. The molecule has 0 amide bonds. The first-order valence-electron chi connectivity index (χ1n) is 6.52. The summed E-state index contributed by atoms with van der Waals surface area (Å²) in [5.41, 5.74) is 0.964. The van der Waals surface area contributed by atoms with Gasteiger partial charge in [-0.25, -0.2) is 4.39 Å². The van der Waals surface area contributed by atoms with Crippen molar-refractivity contribution in [2.45, 2.75) is 25.4 Å². The summed E-state index contributed by atoms with van der Waals surface area (Å²) in [6.45, 7) is 3.50. The van der Waals surface area contributed by atoms with E-state index in [0.717, 1.165) is 42.5 Å². The molecule has 0 saturated carbocycles. The number of rotatable bonds is 4. The Balaban J connectivity index is 1.81. The largest absolute Gasteiger partial charge is 0.310 e. The van der Waals surface area contributed by atoms with E-state index in [-0.39, 0.29) is 5.82 Å². The first-order valence-corrected chi connectivity index (χ1v) is 7.31. The van der Waals surface area contributed by atoms with Crippen molar-refractivity contribution in [3.63, 3.8) is 0 Å². The van der Waals surface area contributed by atoms with Crippen molar-refractivity contribution in [1.82, 2.24) is 10.2 Å². The quantitative estimate of drug-likeness (QED) is 0.857. The van der Waals surface area contributed by atoms with Crippen molar-refractivity contribution in [2.24, 2.45) is 0 Å². The second-order valence-corrected chi connectivity index (χ2v) is 5.73. The average molecular weight is 325 g/mol. The van der Waals surface area contributed by atoms with Gasteiger partial charge >= 0.3 is 0 Å². The first-order chi connectivity index (χ1) is 9.19. The fourth-order valence-electron chi connectivity index (χ4n) is 2.36. The highest BCUT2D eigenvalue weighted by Crippen LogP contribution is 2.18. The summed E-state index contributed by atoms with van der Waals surface area (Å²) in [7, 11) is 0. The van der Waals surface area contributed by atoms with Gasteiger partial charge in [0, 0.05) is 30.1 Å². The molecule has 2 rings (SSSR count). The van der Waals surface area contributed by atoms with E-state index in [9.17, 15) is 4.39 Å². The monoisotopic (exact) mass is 324 g/mol. The van der Waals surface area contributed by atoms with Gasteiger partial charge in [0.2, 0.25) is 0 Å². The maximum absolute atomic E-state index is 13.2. The van der Waals surface area contributed by atoms with Crippen LogP contribution >= 0.6 is 15.9 Å². The van der Waals surface area contributed by atoms with Gasteiger partial charge in [0.25, 0.3) is 0 Å². The molecular weight excluding hydrogens is 307 g/mol. The molecule has 0 atom stereocenters.